The summed E-state index contributed by atoms with van der Waals surface area (Å²) in [7, 11) is 0. The third-order valence-corrected chi connectivity index (χ3v) is 6.64. The number of nitrogens with one attached hydrogen (secondary N) is 2. The van der Waals surface area contributed by atoms with Crippen LogP contribution < -0.4 is 10.6 Å². The van der Waals surface area contributed by atoms with Crippen LogP contribution in [0, 0.1) is 5.92 Å². The molecule has 0 spiro atoms. The molecule has 1 atom stereocenters. The SMILES string of the molecule is CCOC(=O)c1c(NC(=S)NC(=O)Cc2cccs2)sc2c1CC[C@@H](C)C2. The number of fused-ring (bicyclic) bond motifs is 1. The van der Waals surface area contributed by atoms with Crippen LogP contribution in [0.1, 0.15) is 45.9 Å². The Morgan fingerprint density at radius 1 is 1.41 bits per heavy atom. The lowest BCUT2D eigenvalue weighted by molar-refractivity contribution is -0.118. The predicted octanol–water partition coefficient (Wildman–Crippen LogP) is 4.17. The summed E-state index contributed by atoms with van der Waals surface area (Å²) in [4.78, 5) is 26.8. The van der Waals surface area contributed by atoms with Crippen LogP contribution in [0.4, 0.5) is 5.00 Å². The Morgan fingerprint density at radius 2 is 2.22 bits per heavy atom. The third kappa shape index (κ3) is 4.94. The zero-order chi connectivity index (χ0) is 19.4. The molecular weight excluding hydrogens is 400 g/mol. The standard InChI is InChI=1S/C19H22N2O3S3/c1-3-24-18(23)16-13-7-6-11(2)9-14(13)27-17(16)21-19(25)20-15(22)10-12-5-4-8-26-12/h4-5,8,11H,3,6-7,9-10H2,1-2H3,(H2,20,21,22,25)/t11-/m1/s1. The van der Waals surface area contributed by atoms with Crippen molar-refractivity contribution in [2.24, 2.45) is 5.92 Å². The Morgan fingerprint density at radius 3 is 2.93 bits per heavy atom. The van der Waals surface area contributed by atoms with E-state index >= 15 is 0 Å². The Bertz CT molecular complexity index is 843. The fourth-order valence-corrected chi connectivity index (χ4v) is 5.52. The average molecular weight is 423 g/mol. The Labute approximate surface area is 172 Å². The molecule has 27 heavy (non-hydrogen) atoms. The zero-order valence-corrected chi connectivity index (χ0v) is 17.7. The summed E-state index contributed by atoms with van der Waals surface area (Å²) in [6, 6.07) is 3.82. The molecule has 0 unspecified atom stereocenters. The minimum Gasteiger partial charge on any atom is -0.462 e. The van der Waals surface area contributed by atoms with Crippen LogP contribution in [0.2, 0.25) is 0 Å². The summed E-state index contributed by atoms with van der Waals surface area (Å²) >= 11 is 8.36. The lowest BCUT2D eigenvalue weighted by Gasteiger charge is -2.18. The highest BCUT2D eigenvalue weighted by molar-refractivity contribution is 7.80. The van der Waals surface area contributed by atoms with Crippen LogP contribution in [0.3, 0.4) is 0 Å². The molecule has 3 rings (SSSR count). The van der Waals surface area contributed by atoms with Gasteiger partial charge in [0.25, 0.3) is 0 Å². The van der Waals surface area contributed by atoms with Crippen molar-refractivity contribution < 1.29 is 14.3 Å². The lowest BCUT2D eigenvalue weighted by atomic mass is 9.88. The largest absolute Gasteiger partial charge is 0.462 e. The van der Waals surface area contributed by atoms with Gasteiger partial charge in [0, 0.05) is 9.75 Å². The van der Waals surface area contributed by atoms with E-state index in [0.717, 1.165) is 29.7 Å². The Balaban J connectivity index is 1.74. The van der Waals surface area contributed by atoms with Gasteiger partial charge in [0.1, 0.15) is 5.00 Å². The monoisotopic (exact) mass is 422 g/mol. The predicted molar refractivity (Wildman–Crippen MR) is 114 cm³/mol. The first-order valence-corrected chi connectivity index (χ1v) is 11.0. The molecule has 5 nitrogen and oxygen atoms in total. The van der Waals surface area contributed by atoms with Crippen LogP contribution in [0.5, 0.6) is 0 Å². The second-order valence-electron chi connectivity index (χ2n) is 6.53. The molecule has 0 aromatic carbocycles. The molecule has 1 aliphatic carbocycles. The molecule has 0 fully saturated rings. The average Bonchev–Trinajstić information content (AvgIpc) is 3.21. The van der Waals surface area contributed by atoms with Crippen molar-refractivity contribution in [3.8, 4) is 0 Å². The molecule has 1 aliphatic rings. The van der Waals surface area contributed by atoms with E-state index in [1.165, 1.54) is 27.6 Å². The van der Waals surface area contributed by atoms with E-state index in [-0.39, 0.29) is 23.4 Å². The minimum atomic E-state index is -0.334. The van der Waals surface area contributed by atoms with Gasteiger partial charge in [-0.1, -0.05) is 13.0 Å². The lowest BCUT2D eigenvalue weighted by Crippen LogP contribution is -2.35. The smallest absolute Gasteiger partial charge is 0.341 e. The molecule has 2 aromatic rings. The molecule has 0 saturated carbocycles. The van der Waals surface area contributed by atoms with Gasteiger partial charge in [-0.05, 0) is 61.3 Å². The van der Waals surface area contributed by atoms with Crippen LogP contribution in [0.25, 0.3) is 0 Å². The van der Waals surface area contributed by atoms with E-state index in [2.05, 4.69) is 17.6 Å². The fraction of sp³-hybridized carbons (Fsp3) is 0.421. The summed E-state index contributed by atoms with van der Waals surface area (Å²) in [6.45, 7) is 4.33. The third-order valence-electron chi connectivity index (χ3n) is 4.39. The van der Waals surface area contributed by atoms with Gasteiger partial charge in [-0.15, -0.1) is 22.7 Å². The molecule has 0 saturated heterocycles. The number of carbonyl (C=O) groups excluding carboxylic acids is 2. The van der Waals surface area contributed by atoms with Crippen molar-refractivity contribution in [2.45, 2.75) is 39.5 Å². The van der Waals surface area contributed by atoms with Gasteiger partial charge in [-0.2, -0.15) is 0 Å². The molecule has 2 heterocycles. The Kier molecular flexibility index (Phi) is 6.62. The van der Waals surface area contributed by atoms with E-state index in [0.29, 0.717) is 23.1 Å². The van der Waals surface area contributed by atoms with E-state index in [1.807, 2.05) is 17.5 Å². The van der Waals surface area contributed by atoms with Crippen molar-refractivity contribution in [2.75, 3.05) is 11.9 Å². The number of hydrogen-bond acceptors (Lipinski definition) is 6. The van der Waals surface area contributed by atoms with Crippen LogP contribution in [-0.2, 0) is 28.8 Å². The van der Waals surface area contributed by atoms with Gasteiger partial charge in [-0.3, -0.25) is 4.79 Å². The van der Waals surface area contributed by atoms with E-state index < -0.39 is 0 Å². The van der Waals surface area contributed by atoms with Gasteiger partial charge in [-0.25, -0.2) is 4.79 Å². The van der Waals surface area contributed by atoms with Crippen LogP contribution >= 0.6 is 34.9 Å². The van der Waals surface area contributed by atoms with Crippen molar-refractivity contribution >= 4 is 56.9 Å². The summed E-state index contributed by atoms with van der Waals surface area (Å²) < 4.78 is 5.25. The number of thiocarbonyl (C=S) groups is 1. The van der Waals surface area contributed by atoms with Gasteiger partial charge < -0.3 is 15.4 Å². The van der Waals surface area contributed by atoms with Gasteiger partial charge in [0.15, 0.2) is 5.11 Å². The zero-order valence-electron chi connectivity index (χ0n) is 15.3. The first-order chi connectivity index (χ1) is 13.0. The number of ether oxygens (including phenoxy) is 1. The number of rotatable bonds is 5. The first kappa shape index (κ1) is 20.0. The molecular formula is C19H22N2O3S3. The normalized spacial score (nSPS) is 15.7. The van der Waals surface area contributed by atoms with E-state index in [9.17, 15) is 9.59 Å². The van der Waals surface area contributed by atoms with E-state index in [4.69, 9.17) is 17.0 Å². The van der Waals surface area contributed by atoms with Crippen LogP contribution in [0.15, 0.2) is 17.5 Å². The van der Waals surface area contributed by atoms with Crippen LogP contribution in [-0.4, -0.2) is 23.6 Å². The molecule has 144 valence electrons. The van der Waals surface area contributed by atoms with Crippen molar-refractivity contribution in [3.63, 3.8) is 0 Å². The molecule has 1 amide bonds. The fourth-order valence-electron chi connectivity index (χ4n) is 3.13. The Hall–Kier alpha value is -1.77. The number of amides is 1. The summed E-state index contributed by atoms with van der Waals surface area (Å²) in [5.41, 5.74) is 1.63. The minimum absolute atomic E-state index is 0.178. The van der Waals surface area contributed by atoms with Gasteiger partial charge in [0.2, 0.25) is 5.91 Å². The maximum atomic E-state index is 12.5. The summed E-state index contributed by atoms with van der Waals surface area (Å²) in [5.74, 6) is 0.0823. The number of esters is 1. The van der Waals surface area contributed by atoms with Crippen molar-refractivity contribution in [3.05, 3.63) is 38.4 Å². The van der Waals surface area contributed by atoms with Gasteiger partial charge >= 0.3 is 5.97 Å². The van der Waals surface area contributed by atoms with Crippen molar-refractivity contribution in [1.82, 2.24) is 5.32 Å². The molecule has 2 aromatic heterocycles. The second-order valence-corrected chi connectivity index (χ2v) is 9.08. The summed E-state index contributed by atoms with van der Waals surface area (Å²) in [6.07, 6.45) is 3.15. The maximum Gasteiger partial charge on any atom is 0.341 e. The first-order valence-electron chi connectivity index (χ1n) is 8.92. The molecule has 0 bridgehead atoms. The quantitative estimate of drug-likeness (QED) is 0.559. The van der Waals surface area contributed by atoms with Crippen molar-refractivity contribution in [1.29, 1.82) is 0 Å². The highest BCUT2D eigenvalue weighted by atomic mass is 32.1. The molecule has 2 N–H and O–H groups in total. The summed E-state index contributed by atoms with van der Waals surface area (Å²) in [5, 5.41) is 8.55. The van der Waals surface area contributed by atoms with E-state index in [1.54, 1.807) is 6.92 Å². The second kappa shape index (κ2) is 8.95. The number of thiophene rings is 2. The molecule has 0 radical (unpaired) electrons. The number of carbonyl (C=O) groups is 2. The molecule has 8 heteroatoms. The number of hydrogen-bond donors (Lipinski definition) is 2. The highest BCUT2D eigenvalue weighted by Crippen LogP contribution is 2.40. The maximum absolute atomic E-state index is 12.5. The van der Waals surface area contributed by atoms with Gasteiger partial charge in [0.05, 0.1) is 18.6 Å². The number of anilines is 1. The molecule has 0 aliphatic heterocycles. The highest BCUT2D eigenvalue weighted by Gasteiger charge is 2.28. The topological polar surface area (TPSA) is 67.4 Å².